The minimum absolute atomic E-state index is 0.00683. The Hall–Kier alpha value is -2.66. The van der Waals surface area contributed by atoms with Crippen LogP contribution in [0, 0.1) is 13.8 Å². The summed E-state index contributed by atoms with van der Waals surface area (Å²) in [5, 5.41) is 0.519. The molecule has 0 unspecified atom stereocenters. The van der Waals surface area contributed by atoms with Gasteiger partial charge in [-0.1, -0.05) is 29.3 Å². The van der Waals surface area contributed by atoms with Crippen LogP contribution in [0.25, 0.3) is 0 Å². The molecule has 0 aliphatic carbocycles. The van der Waals surface area contributed by atoms with Gasteiger partial charge in [0.2, 0.25) is 5.91 Å². The lowest BCUT2D eigenvalue weighted by molar-refractivity contribution is -0.121. The Morgan fingerprint density at radius 2 is 1.60 bits per heavy atom. The van der Waals surface area contributed by atoms with E-state index in [9.17, 15) is 14.4 Å². The van der Waals surface area contributed by atoms with Gasteiger partial charge in [0, 0.05) is 29.0 Å². The Bertz CT molecular complexity index is 801. The number of carbonyl (C=O) groups is 3. The number of halogens is 1. The van der Waals surface area contributed by atoms with Crippen LogP contribution in [0.4, 0.5) is 0 Å². The van der Waals surface area contributed by atoms with Crippen molar-refractivity contribution < 1.29 is 14.4 Å². The summed E-state index contributed by atoms with van der Waals surface area (Å²) in [7, 11) is 0. The molecule has 0 aliphatic heterocycles. The number of rotatable bonds is 5. The third-order valence-corrected chi connectivity index (χ3v) is 3.95. The number of nitrogens with one attached hydrogen (secondary N) is 2. The molecule has 0 heterocycles. The minimum Gasteiger partial charge on any atom is -0.294 e. The molecule has 0 aliphatic rings. The Labute approximate surface area is 151 Å². The van der Waals surface area contributed by atoms with Crippen molar-refractivity contribution in [3.8, 4) is 0 Å². The minimum atomic E-state index is -0.453. The summed E-state index contributed by atoms with van der Waals surface area (Å²) in [6, 6.07) is 11.9. The molecule has 5 nitrogen and oxygen atoms in total. The summed E-state index contributed by atoms with van der Waals surface area (Å²) in [5.41, 5.74) is 7.48. The number of amides is 2. The van der Waals surface area contributed by atoms with Crippen LogP contribution in [0.1, 0.15) is 44.7 Å². The fourth-order valence-electron chi connectivity index (χ4n) is 2.26. The van der Waals surface area contributed by atoms with Gasteiger partial charge in [0.15, 0.2) is 5.78 Å². The normalized spacial score (nSPS) is 10.2. The maximum absolute atomic E-state index is 12.2. The van der Waals surface area contributed by atoms with Gasteiger partial charge in [-0.2, -0.15) is 0 Å². The van der Waals surface area contributed by atoms with Crippen LogP contribution in [0.15, 0.2) is 42.5 Å². The second-order valence-corrected chi connectivity index (χ2v) is 6.19. The highest BCUT2D eigenvalue weighted by Gasteiger charge is 2.13. The molecule has 0 radical (unpaired) electrons. The fourth-order valence-corrected chi connectivity index (χ4v) is 2.39. The zero-order valence-corrected chi connectivity index (χ0v) is 14.8. The van der Waals surface area contributed by atoms with E-state index in [1.807, 2.05) is 32.0 Å². The van der Waals surface area contributed by atoms with Crippen LogP contribution in [0.5, 0.6) is 0 Å². The van der Waals surface area contributed by atoms with E-state index in [4.69, 9.17) is 11.6 Å². The number of hydrazine groups is 1. The first-order valence-electron chi connectivity index (χ1n) is 7.82. The highest BCUT2D eigenvalue weighted by Crippen LogP contribution is 2.14. The number of carbonyl (C=O) groups excluding carboxylic acids is 3. The van der Waals surface area contributed by atoms with Gasteiger partial charge in [-0.3, -0.25) is 25.2 Å². The number of aryl methyl sites for hydroxylation is 2. The molecule has 2 amide bonds. The van der Waals surface area contributed by atoms with E-state index >= 15 is 0 Å². The summed E-state index contributed by atoms with van der Waals surface area (Å²) in [6.45, 7) is 3.77. The molecule has 2 aromatic carbocycles. The lowest BCUT2D eigenvalue weighted by Crippen LogP contribution is -2.41. The molecule has 130 valence electrons. The van der Waals surface area contributed by atoms with Gasteiger partial charge in [0.1, 0.15) is 0 Å². The van der Waals surface area contributed by atoms with Crippen LogP contribution in [-0.4, -0.2) is 17.6 Å². The summed E-state index contributed by atoms with van der Waals surface area (Å²) < 4.78 is 0. The van der Waals surface area contributed by atoms with Crippen molar-refractivity contribution in [2.45, 2.75) is 26.7 Å². The van der Waals surface area contributed by atoms with Gasteiger partial charge in [-0.15, -0.1) is 0 Å². The summed E-state index contributed by atoms with van der Waals surface area (Å²) in [5.74, 6) is -0.979. The zero-order chi connectivity index (χ0) is 18.4. The molecule has 0 fully saturated rings. The van der Waals surface area contributed by atoms with E-state index in [1.54, 1.807) is 24.3 Å². The lowest BCUT2D eigenvalue weighted by Gasteiger charge is -2.08. The third-order valence-electron chi connectivity index (χ3n) is 3.69. The Morgan fingerprint density at radius 3 is 2.28 bits per heavy atom. The van der Waals surface area contributed by atoms with Crippen molar-refractivity contribution in [3.05, 3.63) is 69.7 Å². The number of ketones is 1. The maximum atomic E-state index is 12.2. The third kappa shape index (κ3) is 5.43. The molecule has 2 N–H and O–H groups in total. The number of hydrogen-bond acceptors (Lipinski definition) is 3. The molecular formula is C19H19ClN2O3. The van der Waals surface area contributed by atoms with Gasteiger partial charge in [-0.05, 0) is 49.7 Å². The van der Waals surface area contributed by atoms with Gasteiger partial charge in [-0.25, -0.2) is 0 Å². The zero-order valence-electron chi connectivity index (χ0n) is 14.1. The fraction of sp³-hybridized carbons (Fsp3) is 0.211. The molecule has 6 heteroatoms. The van der Waals surface area contributed by atoms with E-state index in [-0.39, 0.29) is 18.6 Å². The summed E-state index contributed by atoms with van der Waals surface area (Å²) >= 11 is 5.75. The van der Waals surface area contributed by atoms with Crippen molar-refractivity contribution in [2.75, 3.05) is 0 Å². The highest BCUT2D eigenvalue weighted by molar-refractivity contribution is 6.30. The SMILES string of the molecule is Cc1ccc(C)c(C(=O)CCC(=O)NNC(=O)c2ccc(Cl)cc2)c1. The monoisotopic (exact) mass is 358 g/mol. The quantitative estimate of drug-likeness (QED) is 0.635. The first-order valence-corrected chi connectivity index (χ1v) is 8.20. The van der Waals surface area contributed by atoms with Crippen molar-refractivity contribution >= 4 is 29.2 Å². The molecule has 0 saturated heterocycles. The highest BCUT2D eigenvalue weighted by atomic mass is 35.5. The molecule has 2 aromatic rings. The first-order chi connectivity index (χ1) is 11.9. The first kappa shape index (κ1) is 18.7. The second-order valence-electron chi connectivity index (χ2n) is 5.75. The molecule has 0 aromatic heterocycles. The maximum Gasteiger partial charge on any atom is 0.269 e. The van der Waals surface area contributed by atoms with Crippen LogP contribution in [0.2, 0.25) is 5.02 Å². The summed E-state index contributed by atoms with van der Waals surface area (Å²) in [6.07, 6.45) is 0.0695. The van der Waals surface area contributed by atoms with Crippen molar-refractivity contribution in [1.29, 1.82) is 0 Å². The molecule has 0 bridgehead atoms. The van der Waals surface area contributed by atoms with E-state index in [0.29, 0.717) is 16.1 Å². The molecule has 0 atom stereocenters. The van der Waals surface area contributed by atoms with E-state index in [0.717, 1.165) is 11.1 Å². The van der Waals surface area contributed by atoms with Crippen LogP contribution in [-0.2, 0) is 4.79 Å². The smallest absolute Gasteiger partial charge is 0.269 e. The topological polar surface area (TPSA) is 75.3 Å². The second kappa shape index (κ2) is 8.44. The van der Waals surface area contributed by atoms with Crippen LogP contribution in [0.3, 0.4) is 0 Å². The molecular weight excluding hydrogens is 340 g/mol. The van der Waals surface area contributed by atoms with Crippen molar-refractivity contribution in [1.82, 2.24) is 10.9 Å². The van der Waals surface area contributed by atoms with Crippen LogP contribution >= 0.6 is 11.6 Å². The van der Waals surface area contributed by atoms with Crippen LogP contribution < -0.4 is 10.9 Å². The van der Waals surface area contributed by atoms with E-state index < -0.39 is 11.8 Å². The number of Topliss-reactive ketones (excluding diaryl/α,β-unsaturated/α-hetero) is 1. The molecule has 0 spiro atoms. The largest absolute Gasteiger partial charge is 0.294 e. The van der Waals surface area contributed by atoms with E-state index in [1.165, 1.54) is 0 Å². The van der Waals surface area contributed by atoms with Gasteiger partial charge < -0.3 is 0 Å². The van der Waals surface area contributed by atoms with Gasteiger partial charge in [0.05, 0.1) is 0 Å². The average Bonchev–Trinajstić information content (AvgIpc) is 2.60. The standard InChI is InChI=1S/C19H19ClN2O3/c1-12-3-4-13(2)16(11-12)17(23)9-10-18(24)21-22-19(25)14-5-7-15(20)8-6-14/h3-8,11H,9-10H2,1-2H3,(H,21,24)(H,22,25). The number of hydrogen-bond donors (Lipinski definition) is 2. The van der Waals surface area contributed by atoms with Crippen molar-refractivity contribution in [2.24, 2.45) is 0 Å². The predicted octanol–water partition coefficient (Wildman–Crippen LogP) is 3.38. The van der Waals surface area contributed by atoms with Gasteiger partial charge >= 0.3 is 0 Å². The van der Waals surface area contributed by atoms with Gasteiger partial charge in [0.25, 0.3) is 5.91 Å². The Balaban J connectivity index is 1.82. The Kier molecular flexibility index (Phi) is 6.31. The lowest BCUT2D eigenvalue weighted by atomic mass is 9.99. The molecule has 2 rings (SSSR count). The molecule has 0 saturated carbocycles. The van der Waals surface area contributed by atoms with E-state index in [2.05, 4.69) is 10.9 Å². The number of benzene rings is 2. The summed E-state index contributed by atoms with van der Waals surface area (Å²) in [4.78, 5) is 35.9. The molecule has 25 heavy (non-hydrogen) atoms. The van der Waals surface area contributed by atoms with Crippen molar-refractivity contribution in [3.63, 3.8) is 0 Å². The Morgan fingerprint density at radius 1 is 0.920 bits per heavy atom. The predicted molar refractivity (Wildman–Crippen MR) is 96.5 cm³/mol. The average molecular weight is 359 g/mol.